The van der Waals surface area contributed by atoms with Gasteiger partial charge in [0.1, 0.15) is 0 Å². The van der Waals surface area contributed by atoms with Crippen molar-refractivity contribution in [1.82, 2.24) is 5.32 Å². The fourth-order valence-corrected chi connectivity index (χ4v) is 2.87. The molecule has 1 aliphatic heterocycles. The third-order valence-corrected chi connectivity index (χ3v) is 3.72. The van der Waals surface area contributed by atoms with Crippen molar-refractivity contribution in [2.24, 2.45) is 0 Å². The normalized spacial score (nSPS) is 15.0. The van der Waals surface area contributed by atoms with Gasteiger partial charge in [-0.25, -0.2) is 0 Å². The van der Waals surface area contributed by atoms with Crippen LogP contribution in [0, 0.1) is 0 Å². The predicted octanol–water partition coefficient (Wildman–Crippen LogP) is 2.90. The quantitative estimate of drug-likeness (QED) is 0.735. The van der Waals surface area contributed by atoms with Crippen LogP contribution in [-0.2, 0) is 19.4 Å². The number of hydrogen-bond acceptors (Lipinski definition) is 2. The van der Waals surface area contributed by atoms with Crippen molar-refractivity contribution in [2.75, 3.05) is 6.54 Å². The maximum atomic E-state index is 3.41. The molecule has 2 heterocycles. The van der Waals surface area contributed by atoms with E-state index in [4.69, 9.17) is 0 Å². The Morgan fingerprint density at radius 2 is 2.43 bits per heavy atom. The first-order valence-electron chi connectivity index (χ1n) is 5.20. The van der Waals surface area contributed by atoms with Crippen molar-refractivity contribution in [2.45, 2.75) is 33.2 Å². The van der Waals surface area contributed by atoms with Gasteiger partial charge < -0.3 is 5.32 Å². The second kappa shape index (κ2) is 4.28. The molecular weight excluding hydrogens is 190 g/mol. The third kappa shape index (κ3) is 2.25. The van der Waals surface area contributed by atoms with Crippen LogP contribution in [0.1, 0.15) is 29.2 Å². The molecule has 0 radical (unpaired) electrons. The van der Waals surface area contributed by atoms with E-state index in [-0.39, 0.29) is 0 Å². The molecule has 14 heavy (non-hydrogen) atoms. The van der Waals surface area contributed by atoms with Crippen molar-refractivity contribution in [3.8, 4) is 0 Å². The Morgan fingerprint density at radius 3 is 3.14 bits per heavy atom. The van der Waals surface area contributed by atoms with E-state index in [2.05, 4.69) is 31.3 Å². The molecule has 1 aromatic heterocycles. The number of thiophene rings is 1. The van der Waals surface area contributed by atoms with Gasteiger partial charge in [0.25, 0.3) is 0 Å². The lowest BCUT2D eigenvalue weighted by atomic mass is 10.1. The average Bonchev–Trinajstić information content (AvgIpc) is 2.57. The third-order valence-electron chi connectivity index (χ3n) is 2.52. The molecule has 0 saturated carbocycles. The zero-order valence-corrected chi connectivity index (χ0v) is 9.71. The van der Waals surface area contributed by atoms with Crippen LogP contribution in [0.3, 0.4) is 0 Å². The van der Waals surface area contributed by atoms with Crippen LogP contribution in [0.15, 0.2) is 17.7 Å². The number of hydrogen-bond donors (Lipinski definition) is 1. The lowest BCUT2D eigenvalue weighted by Gasteiger charge is -2.10. The Balaban J connectivity index is 2.12. The maximum absolute atomic E-state index is 3.41. The van der Waals surface area contributed by atoms with Crippen LogP contribution in [0.4, 0.5) is 0 Å². The van der Waals surface area contributed by atoms with Crippen molar-refractivity contribution in [1.29, 1.82) is 0 Å². The standard InChI is InChI=1S/C12H17NS/c1-9(2)3-4-11-7-10-5-6-13-8-12(10)14-11/h3,7,13H,4-6,8H2,1-2H3. The van der Waals surface area contributed by atoms with E-state index in [1.165, 1.54) is 16.9 Å². The van der Waals surface area contributed by atoms with Crippen LogP contribution < -0.4 is 5.32 Å². The van der Waals surface area contributed by atoms with Crippen molar-refractivity contribution in [3.63, 3.8) is 0 Å². The van der Waals surface area contributed by atoms with Gasteiger partial charge in [-0.3, -0.25) is 0 Å². The number of fused-ring (bicyclic) bond motifs is 1. The molecule has 76 valence electrons. The molecule has 1 nitrogen and oxygen atoms in total. The molecule has 0 unspecified atom stereocenters. The molecule has 0 spiro atoms. The first-order chi connectivity index (χ1) is 6.75. The molecule has 0 amide bonds. The number of nitrogens with one attached hydrogen (secondary N) is 1. The Morgan fingerprint density at radius 1 is 1.57 bits per heavy atom. The topological polar surface area (TPSA) is 12.0 Å². The van der Waals surface area contributed by atoms with E-state index in [0.29, 0.717) is 0 Å². The number of allylic oxidation sites excluding steroid dienone is 2. The second-order valence-corrected chi connectivity index (χ2v) is 5.29. The first kappa shape index (κ1) is 9.94. The van der Waals surface area contributed by atoms with E-state index in [0.717, 1.165) is 19.5 Å². The largest absolute Gasteiger partial charge is 0.312 e. The minimum Gasteiger partial charge on any atom is -0.312 e. The van der Waals surface area contributed by atoms with Gasteiger partial charge in [0.15, 0.2) is 0 Å². The molecule has 1 N–H and O–H groups in total. The van der Waals surface area contributed by atoms with E-state index < -0.39 is 0 Å². The van der Waals surface area contributed by atoms with Crippen LogP contribution in [0.5, 0.6) is 0 Å². The highest BCUT2D eigenvalue weighted by atomic mass is 32.1. The van der Waals surface area contributed by atoms with Crippen molar-refractivity contribution < 1.29 is 0 Å². The molecule has 0 bridgehead atoms. The SMILES string of the molecule is CC(C)=CCc1cc2c(s1)CNCC2. The fourth-order valence-electron chi connectivity index (χ4n) is 1.72. The smallest absolute Gasteiger partial charge is 0.0302 e. The molecule has 0 saturated heterocycles. The molecular formula is C12H17NS. The highest BCUT2D eigenvalue weighted by molar-refractivity contribution is 7.12. The van der Waals surface area contributed by atoms with Crippen molar-refractivity contribution in [3.05, 3.63) is 33.0 Å². The van der Waals surface area contributed by atoms with Crippen LogP contribution >= 0.6 is 11.3 Å². The Labute approximate surface area is 89.8 Å². The van der Waals surface area contributed by atoms with Gasteiger partial charge in [-0.1, -0.05) is 11.6 Å². The summed E-state index contributed by atoms with van der Waals surface area (Å²) in [4.78, 5) is 3.06. The summed E-state index contributed by atoms with van der Waals surface area (Å²) >= 11 is 1.97. The summed E-state index contributed by atoms with van der Waals surface area (Å²) in [5.74, 6) is 0. The van der Waals surface area contributed by atoms with Gasteiger partial charge in [-0.15, -0.1) is 11.3 Å². The monoisotopic (exact) mass is 207 g/mol. The lowest BCUT2D eigenvalue weighted by Crippen LogP contribution is -2.21. The van der Waals surface area contributed by atoms with Crippen LogP contribution in [-0.4, -0.2) is 6.54 Å². The summed E-state index contributed by atoms with van der Waals surface area (Å²) in [6.45, 7) is 6.55. The molecule has 1 aliphatic rings. The summed E-state index contributed by atoms with van der Waals surface area (Å²) in [6.07, 6.45) is 4.63. The lowest BCUT2D eigenvalue weighted by molar-refractivity contribution is 0.654. The summed E-state index contributed by atoms with van der Waals surface area (Å²) < 4.78 is 0. The molecule has 1 aromatic rings. The average molecular weight is 207 g/mol. The zero-order chi connectivity index (χ0) is 9.97. The predicted molar refractivity (Wildman–Crippen MR) is 62.9 cm³/mol. The van der Waals surface area contributed by atoms with Gasteiger partial charge in [0.05, 0.1) is 0 Å². The summed E-state index contributed by atoms with van der Waals surface area (Å²) in [5.41, 5.74) is 2.99. The molecule has 0 aromatic carbocycles. The highest BCUT2D eigenvalue weighted by Gasteiger charge is 2.11. The maximum Gasteiger partial charge on any atom is 0.0302 e. The van der Waals surface area contributed by atoms with Gasteiger partial charge in [0.2, 0.25) is 0 Å². The molecule has 0 fully saturated rings. The Kier molecular flexibility index (Phi) is 3.04. The van der Waals surface area contributed by atoms with Gasteiger partial charge >= 0.3 is 0 Å². The Hall–Kier alpha value is -0.600. The summed E-state index contributed by atoms with van der Waals surface area (Å²) in [6, 6.07) is 2.39. The first-order valence-corrected chi connectivity index (χ1v) is 6.02. The number of rotatable bonds is 2. The van der Waals surface area contributed by atoms with E-state index in [1.807, 2.05) is 11.3 Å². The van der Waals surface area contributed by atoms with E-state index >= 15 is 0 Å². The minimum absolute atomic E-state index is 1.08. The van der Waals surface area contributed by atoms with Gasteiger partial charge in [0, 0.05) is 16.3 Å². The van der Waals surface area contributed by atoms with Crippen molar-refractivity contribution >= 4 is 11.3 Å². The minimum atomic E-state index is 1.08. The van der Waals surface area contributed by atoms with E-state index in [9.17, 15) is 0 Å². The van der Waals surface area contributed by atoms with Crippen LogP contribution in [0.25, 0.3) is 0 Å². The van der Waals surface area contributed by atoms with Gasteiger partial charge in [-0.2, -0.15) is 0 Å². The van der Waals surface area contributed by atoms with Gasteiger partial charge in [-0.05, 0) is 44.9 Å². The molecule has 0 atom stereocenters. The zero-order valence-electron chi connectivity index (χ0n) is 8.89. The highest BCUT2D eigenvalue weighted by Crippen LogP contribution is 2.25. The fraction of sp³-hybridized carbons (Fsp3) is 0.500. The molecule has 2 rings (SSSR count). The molecule has 2 heteroatoms. The van der Waals surface area contributed by atoms with E-state index in [1.54, 1.807) is 10.4 Å². The summed E-state index contributed by atoms with van der Waals surface area (Å²) in [7, 11) is 0. The summed E-state index contributed by atoms with van der Waals surface area (Å²) in [5, 5.41) is 3.41. The Bertz CT molecular complexity index is 322. The molecule has 0 aliphatic carbocycles. The van der Waals surface area contributed by atoms with Crippen LogP contribution in [0.2, 0.25) is 0 Å². The second-order valence-electron chi connectivity index (χ2n) is 4.07.